The smallest absolute Gasteiger partial charge is 0.111 e. The molecule has 82 valence electrons. The number of hydrogen-bond acceptors (Lipinski definition) is 1. The van der Waals surface area contributed by atoms with Crippen molar-refractivity contribution in [3.63, 3.8) is 0 Å². The summed E-state index contributed by atoms with van der Waals surface area (Å²) in [6.45, 7) is 3.93. The van der Waals surface area contributed by atoms with E-state index in [0.717, 1.165) is 10.5 Å². The molecule has 1 aromatic rings. The van der Waals surface area contributed by atoms with Crippen LogP contribution in [0.5, 0.6) is 0 Å². The van der Waals surface area contributed by atoms with Crippen molar-refractivity contribution in [2.75, 3.05) is 0 Å². The normalized spacial score (nSPS) is 21.7. The highest BCUT2D eigenvalue weighted by Crippen LogP contribution is 2.41. The highest BCUT2D eigenvalue weighted by atomic mass is 32.2. The molecule has 1 heterocycles. The maximum Gasteiger partial charge on any atom is 0.111 e. The average Bonchev–Trinajstić information content (AvgIpc) is 2.71. The molecule has 2 rings (SSSR count). The first kappa shape index (κ1) is 11.6. The summed E-state index contributed by atoms with van der Waals surface area (Å²) in [5, 5.41) is 0. The van der Waals surface area contributed by atoms with Crippen LogP contribution in [0.1, 0.15) is 12.0 Å². The van der Waals surface area contributed by atoms with Crippen LogP contribution in [-0.4, -0.2) is 4.75 Å². The molecule has 0 fully saturated rings. The van der Waals surface area contributed by atoms with Crippen LogP contribution >= 0.6 is 11.8 Å². The molecular weight excluding hydrogens is 224 g/mol. The summed E-state index contributed by atoms with van der Waals surface area (Å²) >= 11 is 1.64. The molecule has 0 aliphatic carbocycles. The molecule has 0 nitrogen and oxygen atoms in total. The molecule has 1 heteroatoms. The second-order valence-corrected chi connectivity index (χ2v) is 5.25. The minimum Gasteiger partial charge on any atom is -0.120 e. The van der Waals surface area contributed by atoms with Gasteiger partial charge in [0.1, 0.15) is 4.75 Å². The van der Waals surface area contributed by atoms with E-state index in [-0.39, 0.29) is 4.75 Å². The lowest BCUT2D eigenvalue weighted by Crippen LogP contribution is -2.15. The van der Waals surface area contributed by atoms with Crippen molar-refractivity contribution >= 4 is 11.8 Å². The summed E-state index contributed by atoms with van der Waals surface area (Å²) in [6.07, 6.45) is 10.1. The van der Waals surface area contributed by atoms with Gasteiger partial charge in [-0.05, 0) is 12.1 Å². The Morgan fingerprint density at radius 3 is 2.65 bits per heavy atom. The molecule has 1 aromatic carbocycles. The molecule has 0 radical (unpaired) electrons. The predicted molar refractivity (Wildman–Crippen MR) is 75.4 cm³/mol. The molecule has 1 atom stereocenters. The summed E-state index contributed by atoms with van der Waals surface area (Å²) in [7, 11) is 0. The van der Waals surface area contributed by atoms with Crippen LogP contribution in [0.4, 0.5) is 0 Å². The number of terminal acetylenes is 1. The Balaban J connectivity index is 2.27. The third-order valence-corrected chi connectivity index (χ3v) is 3.55. The van der Waals surface area contributed by atoms with E-state index < -0.39 is 0 Å². The lowest BCUT2D eigenvalue weighted by Gasteiger charge is -2.16. The summed E-state index contributed by atoms with van der Waals surface area (Å²) in [5.41, 5.74) is 1.01. The molecule has 1 aliphatic rings. The van der Waals surface area contributed by atoms with Crippen molar-refractivity contribution < 1.29 is 0 Å². The van der Waals surface area contributed by atoms with Crippen molar-refractivity contribution in [1.82, 2.24) is 0 Å². The monoisotopic (exact) mass is 236 g/mol. The number of rotatable bonds is 1. The van der Waals surface area contributed by atoms with Crippen LogP contribution in [0, 0.1) is 24.2 Å². The molecule has 0 bridgehead atoms. The van der Waals surface area contributed by atoms with E-state index in [9.17, 15) is 0 Å². The van der Waals surface area contributed by atoms with Crippen molar-refractivity contribution in [2.45, 2.75) is 11.2 Å². The van der Waals surface area contributed by atoms with Crippen molar-refractivity contribution in [2.24, 2.45) is 0 Å². The molecule has 1 unspecified atom stereocenters. The Morgan fingerprint density at radius 1 is 1.29 bits per heavy atom. The van der Waals surface area contributed by atoms with Crippen molar-refractivity contribution in [1.29, 1.82) is 0 Å². The first-order valence-corrected chi connectivity index (χ1v) is 6.15. The van der Waals surface area contributed by atoms with Crippen LogP contribution in [0.2, 0.25) is 0 Å². The number of thioether (sulfide) groups is 1. The van der Waals surface area contributed by atoms with Gasteiger partial charge < -0.3 is 0 Å². The number of hydrogen-bond donors (Lipinski definition) is 0. The fourth-order valence-corrected chi connectivity index (χ4v) is 2.58. The Morgan fingerprint density at radius 2 is 2.06 bits per heavy atom. The van der Waals surface area contributed by atoms with Gasteiger partial charge in [0.15, 0.2) is 0 Å². The average molecular weight is 236 g/mol. The van der Waals surface area contributed by atoms with Crippen LogP contribution in [-0.2, 0) is 0 Å². The van der Waals surface area contributed by atoms with Crippen LogP contribution < -0.4 is 0 Å². The van der Waals surface area contributed by atoms with E-state index in [1.165, 1.54) is 0 Å². The highest BCUT2D eigenvalue weighted by Gasteiger charge is 2.29. The lowest BCUT2D eigenvalue weighted by atomic mass is 10.0. The Bertz CT molecular complexity index is 549. The summed E-state index contributed by atoms with van der Waals surface area (Å²) in [4.78, 5) is 1.02. The summed E-state index contributed by atoms with van der Waals surface area (Å²) in [6, 6.07) is 9.93. The molecule has 17 heavy (non-hydrogen) atoms. The zero-order chi connectivity index (χ0) is 12.1. The van der Waals surface area contributed by atoms with E-state index in [0.29, 0.717) is 6.42 Å². The van der Waals surface area contributed by atoms with Gasteiger partial charge in [-0.3, -0.25) is 0 Å². The third-order valence-electron chi connectivity index (χ3n) is 2.41. The fourth-order valence-electron chi connectivity index (χ4n) is 1.59. The largest absolute Gasteiger partial charge is 0.120 e. The van der Waals surface area contributed by atoms with Crippen molar-refractivity contribution in [3.05, 3.63) is 59.5 Å². The molecule has 0 saturated heterocycles. The Kier molecular flexibility index (Phi) is 3.43. The predicted octanol–water partition coefficient (Wildman–Crippen LogP) is 3.62. The van der Waals surface area contributed by atoms with Gasteiger partial charge in [-0.25, -0.2) is 0 Å². The molecule has 0 amide bonds. The van der Waals surface area contributed by atoms with Crippen LogP contribution in [0.3, 0.4) is 0 Å². The zero-order valence-electron chi connectivity index (χ0n) is 9.44. The van der Waals surface area contributed by atoms with Gasteiger partial charge in [0.05, 0.1) is 0 Å². The first-order chi connectivity index (χ1) is 8.24. The molecule has 0 aromatic heterocycles. The van der Waals surface area contributed by atoms with Crippen LogP contribution in [0.15, 0.2) is 54.0 Å². The minimum absolute atomic E-state index is 0.290. The third kappa shape index (κ3) is 2.84. The van der Waals surface area contributed by atoms with Gasteiger partial charge in [-0.2, -0.15) is 0 Å². The maximum atomic E-state index is 5.41. The molecule has 0 spiro atoms. The van der Waals surface area contributed by atoms with Gasteiger partial charge in [0.25, 0.3) is 0 Å². The minimum atomic E-state index is -0.290. The standard InChI is InChI=1S/C16H12S/c1-3-11-16(12-9-14(2)17-16)13-10-15-7-5-4-6-8-15/h1,4-9,12H,2,11H2. The zero-order valence-corrected chi connectivity index (χ0v) is 10.3. The SMILES string of the molecule is C#CCC1(C#Cc2ccccc2)C=CC(=C)S1. The Labute approximate surface area is 107 Å². The van der Waals surface area contributed by atoms with Gasteiger partial charge in [0, 0.05) is 16.9 Å². The van der Waals surface area contributed by atoms with E-state index in [2.05, 4.69) is 30.4 Å². The maximum absolute atomic E-state index is 5.41. The molecule has 0 N–H and O–H groups in total. The molecular formula is C16H12S. The van der Waals surface area contributed by atoms with Gasteiger partial charge in [0.2, 0.25) is 0 Å². The first-order valence-electron chi connectivity index (χ1n) is 5.33. The van der Waals surface area contributed by atoms with Gasteiger partial charge in [-0.1, -0.05) is 48.8 Å². The highest BCUT2D eigenvalue weighted by molar-refractivity contribution is 8.05. The summed E-state index contributed by atoms with van der Waals surface area (Å²) in [5.74, 6) is 9.13. The quantitative estimate of drug-likeness (QED) is 0.671. The van der Waals surface area contributed by atoms with E-state index in [1.807, 2.05) is 36.4 Å². The Hall–Kier alpha value is -1.83. The van der Waals surface area contributed by atoms with Gasteiger partial charge in [-0.15, -0.1) is 24.1 Å². The van der Waals surface area contributed by atoms with Crippen molar-refractivity contribution in [3.8, 4) is 24.2 Å². The lowest BCUT2D eigenvalue weighted by molar-refractivity contribution is 0.959. The van der Waals surface area contributed by atoms with Gasteiger partial charge >= 0.3 is 0 Å². The second-order valence-electron chi connectivity index (χ2n) is 3.79. The molecule has 1 aliphatic heterocycles. The number of benzene rings is 1. The second kappa shape index (κ2) is 5.00. The van der Waals surface area contributed by atoms with E-state index in [4.69, 9.17) is 6.42 Å². The topological polar surface area (TPSA) is 0 Å². The van der Waals surface area contributed by atoms with E-state index in [1.54, 1.807) is 11.8 Å². The van der Waals surface area contributed by atoms with Crippen LogP contribution in [0.25, 0.3) is 0 Å². The molecule has 0 saturated carbocycles. The fraction of sp³-hybridized carbons (Fsp3) is 0.125. The summed E-state index contributed by atoms with van der Waals surface area (Å²) < 4.78 is -0.290. The van der Waals surface area contributed by atoms with E-state index >= 15 is 0 Å². The number of allylic oxidation sites excluding steroid dienone is 1.